The Morgan fingerprint density at radius 3 is 2.94 bits per heavy atom. The zero-order chi connectivity index (χ0) is 12.5. The van der Waals surface area contributed by atoms with Gasteiger partial charge in [-0.25, -0.2) is 0 Å². The van der Waals surface area contributed by atoms with Crippen molar-refractivity contribution in [1.82, 2.24) is 25.3 Å². The lowest BCUT2D eigenvalue weighted by atomic mass is 10.3. The van der Waals surface area contributed by atoms with Gasteiger partial charge >= 0.3 is 0 Å². The molecule has 0 aliphatic carbocycles. The Hall–Kier alpha value is -2.22. The second kappa shape index (κ2) is 4.22. The summed E-state index contributed by atoms with van der Waals surface area (Å²) < 4.78 is 7.74. The Morgan fingerprint density at radius 2 is 2.11 bits per heavy atom. The molecule has 0 amide bonds. The van der Waals surface area contributed by atoms with E-state index in [1.54, 1.807) is 24.3 Å². The molecule has 3 aromatic rings. The first-order chi connectivity index (χ1) is 8.72. The largest absolute Gasteiger partial charge is 0.435 e. The zero-order valence-corrected chi connectivity index (χ0v) is 10.6. The lowest BCUT2D eigenvalue weighted by Gasteiger charge is -2.07. The molecule has 2 heterocycles. The van der Waals surface area contributed by atoms with Gasteiger partial charge in [0.05, 0.1) is 5.69 Å². The number of nitrogen functional groups attached to an aromatic ring is 1. The number of ether oxygens (including phenoxy) is 1. The first-order valence-electron chi connectivity index (χ1n) is 5.01. The standard InChI is InChI=1S/C10H7BrN6O/c11-6-1-2-8(7(12)5-6)18-10-4-3-9-13-15-16-17(9)14-10/h1-5H,12H2. The van der Waals surface area contributed by atoms with Gasteiger partial charge in [-0.3, -0.25) is 0 Å². The van der Waals surface area contributed by atoms with Gasteiger partial charge in [-0.15, -0.1) is 14.8 Å². The lowest BCUT2D eigenvalue weighted by Crippen LogP contribution is -1.98. The van der Waals surface area contributed by atoms with Crippen LogP contribution in [0.5, 0.6) is 11.6 Å². The van der Waals surface area contributed by atoms with E-state index in [0.717, 1.165) is 4.47 Å². The van der Waals surface area contributed by atoms with E-state index in [0.29, 0.717) is 23.0 Å². The van der Waals surface area contributed by atoms with Gasteiger partial charge in [-0.05, 0) is 34.7 Å². The molecule has 0 saturated carbocycles. The maximum atomic E-state index is 5.83. The highest BCUT2D eigenvalue weighted by Crippen LogP contribution is 2.28. The van der Waals surface area contributed by atoms with Gasteiger partial charge in [0.15, 0.2) is 11.4 Å². The molecule has 2 aromatic heterocycles. The molecule has 8 heteroatoms. The van der Waals surface area contributed by atoms with Gasteiger partial charge in [0, 0.05) is 10.5 Å². The molecule has 0 bridgehead atoms. The second-order valence-electron chi connectivity index (χ2n) is 3.48. The topological polar surface area (TPSA) is 91.2 Å². The van der Waals surface area contributed by atoms with Crippen LogP contribution in [0.25, 0.3) is 5.65 Å². The Labute approximate surface area is 110 Å². The lowest BCUT2D eigenvalue weighted by molar-refractivity contribution is 0.449. The predicted octanol–water partition coefficient (Wildman–Crippen LogP) is 1.66. The summed E-state index contributed by atoms with van der Waals surface area (Å²) in [6.07, 6.45) is 0. The smallest absolute Gasteiger partial charge is 0.239 e. The molecule has 0 unspecified atom stereocenters. The minimum Gasteiger partial charge on any atom is -0.435 e. The van der Waals surface area contributed by atoms with E-state index in [-0.39, 0.29) is 0 Å². The third kappa shape index (κ3) is 1.97. The molecule has 0 spiro atoms. The number of halogens is 1. The van der Waals surface area contributed by atoms with Crippen LogP contribution in [0.3, 0.4) is 0 Å². The minimum atomic E-state index is 0.365. The monoisotopic (exact) mass is 306 g/mol. The van der Waals surface area contributed by atoms with E-state index in [4.69, 9.17) is 10.5 Å². The summed E-state index contributed by atoms with van der Waals surface area (Å²) in [6.45, 7) is 0. The highest BCUT2D eigenvalue weighted by Gasteiger charge is 2.06. The molecule has 2 N–H and O–H groups in total. The number of hydrogen-bond donors (Lipinski definition) is 1. The third-order valence-electron chi connectivity index (χ3n) is 2.23. The number of nitrogens with two attached hydrogens (primary N) is 1. The second-order valence-corrected chi connectivity index (χ2v) is 4.40. The fourth-order valence-corrected chi connectivity index (χ4v) is 1.79. The van der Waals surface area contributed by atoms with Crippen LogP contribution in [-0.2, 0) is 0 Å². The predicted molar refractivity (Wildman–Crippen MR) is 67.2 cm³/mol. The molecule has 90 valence electrons. The first-order valence-corrected chi connectivity index (χ1v) is 5.80. The van der Waals surface area contributed by atoms with Gasteiger partial charge in [0.1, 0.15) is 0 Å². The number of aromatic nitrogens is 5. The van der Waals surface area contributed by atoms with Crippen LogP contribution in [0.4, 0.5) is 5.69 Å². The SMILES string of the molecule is Nc1cc(Br)ccc1Oc1ccc2nnnn2n1. The Kier molecular flexibility index (Phi) is 2.56. The van der Waals surface area contributed by atoms with Crippen molar-refractivity contribution >= 4 is 27.3 Å². The normalized spacial score (nSPS) is 10.7. The number of benzene rings is 1. The Balaban J connectivity index is 1.95. The Bertz CT molecular complexity index is 712. The molecule has 0 radical (unpaired) electrons. The van der Waals surface area contributed by atoms with Crippen LogP contribution in [-0.4, -0.2) is 25.3 Å². The quantitative estimate of drug-likeness (QED) is 0.724. The summed E-state index contributed by atoms with van der Waals surface area (Å²) >= 11 is 3.33. The fraction of sp³-hybridized carbons (Fsp3) is 0. The average molecular weight is 307 g/mol. The van der Waals surface area contributed by atoms with Crippen molar-refractivity contribution in [1.29, 1.82) is 0 Å². The van der Waals surface area contributed by atoms with Crippen molar-refractivity contribution in [3.63, 3.8) is 0 Å². The zero-order valence-electron chi connectivity index (χ0n) is 8.99. The summed E-state index contributed by atoms with van der Waals surface area (Å²) in [4.78, 5) is 0. The molecule has 0 aliphatic heterocycles. The summed E-state index contributed by atoms with van der Waals surface area (Å²) in [5, 5.41) is 15.0. The molecular formula is C10H7BrN6O. The van der Waals surface area contributed by atoms with Crippen LogP contribution in [0.15, 0.2) is 34.8 Å². The third-order valence-corrected chi connectivity index (χ3v) is 2.72. The van der Waals surface area contributed by atoms with E-state index >= 15 is 0 Å². The summed E-state index contributed by atoms with van der Waals surface area (Å²) in [6, 6.07) is 8.72. The molecule has 0 atom stereocenters. The van der Waals surface area contributed by atoms with E-state index in [2.05, 4.69) is 36.6 Å². The van der Waals surface area contributed by atoms with Gasteiger partial charge in [-0.2, -0.15) is 0 Å². The van der Waals surface area contributed by atoms with Crippen molar-refractivity contribution in [2.45, 2.75) is 0 Å². The molecule has 7 nitrogen and oxygen atoms in total. The van der Waals surface area contributed by atoms with E-state index in [1.165, 1.54) is 4.63 Å². The minimum absolute atomic E-state index is 0.365. The van der Waals surface area contributed by atoms with Crippen LogP contribution in [0.2, 0.25) is 0 Å². The summed E-state index contributed by atoms with van der Waals surface area (Å²) in [7, 11) is 0. The molecule has 18 heavy (non-hydrogen) atoms. The molecule has 0 fully saturated rings. The van der Waals surface area contributed by atoms with E-state index in [1.807, 2.05) is 6.07 Å². The number of tetrazole rings is 1. The number of hydrogen-bond acceptors (Lipinski definition) is 6. The number of nitrogens with zero attached hydrogens (tertiary/aromatic N) is 5. The van der Waals surface area contributed by atoms with Crippen LogP contribution >= 0.6 is 15.9 Å². The van der Waals surface area contributed by atoms with Crippen molar-refractivity contribution < 1.29 is 4.74 Å². The Morgan fingerprint density at radius 1 is 1.22 bits per heavy atom. The number of fused-ring (bicyclic) bond motifs is 1. The van der Waals surface area contributed by atoms with Crippen LogP contribution in [0.1, 0.15) is 0 Å². The van der Waals surface area contributed by atoms with Gasteiger partial charge < -0.3 is 10.5 Å². The van der Waals surface area contributed by atoms with E-state index < -0.39 is 0 Å². The van der Waals surface area contributed by atoms with Crippen LogP contribution in [0, 0.1) is 0 Å². The van der Waals surface area contributed by atoms with Crippen molar-refractivity contribution in [2.24, 2.45) is 0 Å². The maximum Gasteiger partial charge on any atom is 0.239 e. The van der Waals surface area contributed by atoms with E-state index in [9.17, 15) is 0 Å². The number of rotatable bonds is 2. The fourth-order valence-electron chi connectivity index (χ4n) is 1.41. The molecular weight excluding hydrogens is 300 g/mol. The van der Waals surface area contributed by atoms with Gasteiger partial charge in [0.2, 0.25) is 5.88 Å². The first kappa shape index (κ1) is 10.9. The van der Waals surface area contributed by atoms with Gasteiger partial charge in [-0.1, -0.05) is 15.9 Å². The van der Waals surface area contributed by atoms with Gasteiger partial charge in [0.25, 0.3) is 0 Å². The maximum absolute atomic E-state index is 5.83. The summed E-state index contributed by atoms with van der Waals surface area (Å²) in [5.74, 6) is 0.891. The van der Waals surface area contributed by atoms with Crippen LogP contribution < -0.4 is 10.5 Å². The van der Waals surface area contributed by atoms with Crippen molar-refractivity contribution in [3.05, 3.63) is 34.8 Å². The summed E-state index contributed by atoms with van der Waals surface area (Å²) in [5.41, 5.74) is 6.90. The van der Waals surface area contributed by atoms with Crippen molar-refractivity contribution in [2.75, 3.05) is 5.73 Å². The number of anilines is 1. The average Bonchev–Trinajstić information content (AvgIpc) is 2.80. The highest BCUT2D eigenvalue weighted by atomic mass is 79.9. The molecule has 1 aromatic carbocycles. The molecule has 3 rings (SSSR count). The van der Waals surface area contributed by atoms with Crippen molar-refractivity contribution in [3.8, 4) is 11.6 Å². The highest BCUT2D eigenvalue weighted by molar-refractivity contribution is 9.10. The molecule has 0 aliphatic rings. The molecule has 0 saturated heterocycles.